The number of rotatable bonds is 0. The quantitative estimate of drug-likeness (QED) is 0.495. The predicted molar refractivity (Wildman–Crippen MR) is 35.4 cm³/mol. The summed E-state index contributed by atoms with van der Waals surface area (Å²) in [6.45, 7) is 2.27. The van der Waals surface area contributed by atoms with Crippen molar-refractivity contribution >= 4 is 5.71 Å². The third-order valence-corrected chi connectivity index (χ3v) is 1.88. The summed E-state index contributed by atoms with van der Waals surface area (Å²) in [6, 6.07) is 0. The van der Waals surface area contributed by atoms with E-state index in [1.165, 1.54) is 12.8 Å². The standard InChI is InChI=1S/C7H13N/c1-6-2-4-7(8)5-3-6/h6,8H,2-5H2,1H3. The average Bonchev–Trinajstić information content (AvgIpc) is 1.77. The van der Waals surface area contributed by atoms with Crippen LogP contribution in [0.1, 0.15) is 32.6 Å². The van der Waals surface area contributed by atoms with Gasteiger partial charge in [0.05, 0.1) is 0 Å². The zero-order valence-corrected chi connectivity index (χ0v) is 5.41. The molecular formula is C7H13N. The third-order valence-electron chi connectivity index (χ3n) is 1.88. The maximum Gasteiger partial charge on any atom is 0.00893 e. The monoisotopic (exact) mass is 111 g/mol. The fourth-order valence-electron chi connectivity index (χ4n) is 1.11. The molecule has 1 aliphatic carbocycles. The first kappa shape index (κ1) is 5.80. The molecule has 0 radical (unpaired) electrons. The Morgan fingerprint density at radius 2 is 1.88 bits per heavy atom. The highest BCUT2D eigenvalue weighted by atomic mass is 14.4. The second kappa shape index (κ2) is 2.29. The highest BCUT2D eigenvalue weighted by Gasteiger charge is 2.10. The van der Waals surface area contributed by atoms with Crippen molar-refractivity contribution in [1.82, 2.24) is 0 Å². The summed E-state index contributed by atoms with van der Waals surface area (Å²) in [5.74, 6) is 0.879. The summed E-state index contributed by atoms with van der Waals surface area (Å²) in [5, 5.41) is 7.28. The van der Waals surface area contributed by atoms with Gasteiger partial charge in [-0.1, -0.05) is 6.92 Å². The van der Waals surface area contributed by atoms with E-state index >= 15 is 0 Å². The first-order valence-electron chi connectivity index (χ1n) is 3.35. The van der Waals surface area contributed by atoms with Crippen molar-refractivity contribution in [2.45, 2.75) is 32.6 Å². The molecule has 1 nitrogen and oxygen atoms in total. The minimum atomic E-state index is 0.879. The molecule has 0 spiro atoms. The molecule has 1 saturated carbocycles. The molecule has 1 rings (SSSR count). The van der Waals surface area contributed by atoms with Gasteiger partial charge in [-0.05, 0) is 31.6 Å². The fraction of sp³-hybridized carbons (Fsp3) is 0.857. The molecule has 1 aliphatic rings. The van der Waals surface area contributed by atoms with Crippen LogP contribution < -0.4 is 0 Å². The molecular weight excluding hydrogens is 98.1 g/mol. The molecule has 0 bridgehead atoms. The lowest BCUT2D eigenvalue weighted by atomic mass is 9.90. The minimum Gasteiger partial charge on any atom is -0.310 e. The Kier molecular flexibility index (Phi) is 1.66. The lowest BCUT2D eigenvalue weighted by Crippen LogP contribution is -2.09. The lowest BCUT2D eigenvalue weighted by molar-refractivity contribution is 0.482. The van der Waals surface area contributed by atoms with Gasteiger partial charge < -0.3 is 5.41 Å². The molecule has 8 heavy (non-hydrogen) atoms. The first-order chi connectivity index (χ1) is 3.79. The van der Waals surface area contributed by atoms with Crippen LogP contribution in [0.3, 0.4) is 0 Å². The van der Waals surface area contributed by atoms with E-state index in [0.717, 1.165) is 24.5 Å². The molecule has 1 heteroatoms. The smallest absolute Gasteiger partial charge is 0.00893 e. The van der Waals surface area contributed by atoms with Gasteiger partial charge in [-0.25, -0.2) is 0 Å². The maximum atomic E-state index is 7.28. The Bertz CT molecular complexity index is 86.6. The van der Waals surface area contributed by atoms with Crippen molar-refractivity contribution < 1.29 is 0 Å². The van der Waals surface area contributed by atoms with E-state index in [-0.39, 0.29) is 0 Å². The van der Waals surface area contributed by atoms with E-state index in [1.54, 1.807) is 0 Å². The van der Waals surface area contributed by atoms with Gasteiger partial charge >= 0.3 is 0 Å². The summed E-state index contributed by atoms with van der Waals surface area (Å²) in [6.07, 6.45) is 4.61. The van der Waals surface area contributed by atoms with Crippen LogP contribution in [0.4, 0.5) is 0 Å². The van der Waals surface area contributed by atoms with Gasteiger partial charge in [0.2, 0.25) is 0 Å². The highest BCUT2D eigenvalue weighted by molar-refractivity contribution is 5.81. The van der Waals surface area contributed by atoms with E-state index < -0.39 is 0 Å². The van der Waals surface area contributed by atoms with Crippen LogP contribution in [0.15, 0.2) is 0 Å². The van der Waals surface area contributed by atoms with Crippen molar-refractivity contribution in [2.24, 2.45) is 5.92 Å². The van der Waals surface area contributed by atoms with Gasteiger partial charge in [-0.2, -0.15) is 0 Å². The molecule has 0 aromatic rings. The third kappa shape index (κ3) is 1.32. The zero-order valence-electron chi connectivity index (χ0n) is 5.41. The average molecular weight is 111 g/mol. The van der Waals surface area contributed by atoms with Crippen LogP contribution >= 0.6 is 0 Å². The molecule has 0 aromatic heterocycles. The van der Waals surface area contributed by atoms with Crippen LogP contribution in [0, 0.1) is 11.3 Å². The number of hydrogen-bond donors (Lipinski definition) is 1. The Balaban J connectivity index is 2.29. The van der Waals surface area contributed by atoms with Crippen LogP contribution in [0.25, 0.3) is 0 Å². The highest BCUT2D eigenvalue weighted by Crippen LogP contribution is 2.19. The molecule has 0 saturated heterocycles. The van der Waals surface area contributed by atoms with Crippen LogP contribution in [-0.2, 0) is 0 Å². The SMILES string of the molecule is CC1CCC(=N)CC1. The maximum absolute atomic E-state index is 7.28. The molecule has 0 heterocycles. The zero-order chi connectivity index (χ0) is 5.98. The molecule has 0 amide bonds. The lowest BCUT2D eigenvalue weighted by Gasteiger charge is -2.17. The van der Waals surface area contributed by atoms with E-state index in [4.69, 9.17) is 5.41 Å². The molecule has 0 unspecified atom stereocenters. The fourth-order valence-corrected chi connectivity index (χ4v) is 1.11. The second-order valence-corrected chi connectivity index (χ2v) is 2.79. The molecule has 1 fully saturated rings. The largest absolute Gasteiger partial charge is 0.310 e. The first-order valence-corrected chi connectivity index (χ1v) is 3.35. The summed E-state index contributed by atoms with van der Waals surface area (Å²) in [5.41, 5.74) is 0.961. The summed E-state index contributed by atoms with van der Waals surface area (Å²) >= 11 is 0. The van der Waals surface area contributed by atoms with Gasteiger partial charge in [0.15, 0.2) is 0 Å². The van der Waals surface area contributed by atoms with E-state index in [0.29, 0.717) is 0 Å². The Morgan fingerprint density at radius 3 is 2.25 bits per heavy atom. The van der Waals surface area contributed by atoms with Gasteiger partial charge in [0.1, 0.15) is 0 Å². The van der Waals surface area contributed by atoms with Crippen molar-refractivity contribution in [3.8, 4) is 0 Å². The summed E-state index contributed by atoms with van der Waals surface area (Å²) in [7, 11) is 0. The molecule has 0 aliphatic heterocycles. The molecule has 46 valence electrons. The van der Waals surface area contributed by atoms with Crippen molar-refractivity contribution in [3.63, 3.8) is 0 Å². The van der Waals surface area contributed by atoms with Crippen molar-refractivity contribution in [3.05, 3.63) is 0 Å². The summed E-state index contributed by atoms with van der Waals surface area (Å²) < 4.78 is 0. The Morgan fingerprint density at radius 1 is 1.38 bits per heavy atom. The van der Waals surface area contributed by atoms with Crippen molar-refractivity contribution in [2.75, 3.05) is 0 Å². The van der Waals surface area contributed by atoms with Gasteiger partial charge in [-0.15, -0.1) is 0 Å². The van der Waals surface area contributed by atoms with Gasteiger partial charge in [0, 0.05) is 5.71 Å². The van der Waals surface area contributed by atoms with Gasteiger partial charge in [-0.3, -0.25) is 0 Å². The van der Waals surface area contributed by atoms with Crippen LogP contribution in [-0.4, -0.2) is 5.71 Å². The minimum absolute atomic E-state index is 0.879. The normalized spacial score (nSPS) is 30.6. The number of nitrogens with one attached hydrogen (secondary N) is 1. The molecule has 1 N–H and O–H groups in total. The molecule has 0 aromatic carbocycles. The second-order valence-electron chi connectivity index (χ2n) is 2.79. The van der Waals surface area contributed by atoms with E-state index in [9.17, 15) is 0 Å². The number of hydrogen-bond acceptors (Lipinski definition) is 1. The van der Waals surface area contributed by atoms with Gasteiger partial charge in [0.25, 0.3) is 0 Å². The Labute approximate surface area is 50.6 Å². The predicted octanol–water partition coefficient (Wildman–Crippen LogP) is 2.22. The van der Waals surface area contributed by atoms with Crippen LogP contribution in [0.5, 0.6) is 0 Å². The van der Waals surface area contributed by atoms with E-state index in [2.05, 4.69) is 6.92 Å². The molecule has 0 atom stereocenters. The van der Waals surface area contributed by atoms with Crippen LogP contribution in [0.2, 0.25) is 0 Å². The Hall–Kier alpha value is -0.330. The van der Waals surface area contributed by atoms with E-state index in [1.807, 2.05) is 0 Å². The van der Waals surface area contributed by atoms with Crippen molar-refractivity contribution in [1.29, 1.82) is 5.41 Å². The summed E-state index contributed by atoms with van der Waals surface area (Å²) in [4.78, 5) is 0. The topological polar surface area (TPSA) is 23.9 Å².